The van der Waals surface area contributed by atoms with Crippen molar-refractivity contribution in [3.63, 3.8) is 0 Å². The van der Waals surface area contributed by atoms with Gasteiger partial charge in [-0.2, -0.15) is 0 Å². The molecule has 6 fully saturated rings. The third-order valence-corrected chi connectivity index (χ3v) is 16.1. The number of hydrogen-bond acceptors (Lipinski definition) is 12. The van der Waals surface area contributed by atoms with Crippen LogP contribution >= 0.6 is 0 Å². The van der Waals surface area contributed by atoms with Gasteiger partial charge in [0.15, 0.2) is 6.29 Å². The topological polar surface area (TPSA) is 181 Å². The molecule has 5 N–H and O–H groups in total. The van der Waals surface area contributed by atoms with E-state index in [0.29, 0.717) is 12.8 Å². The highest BCUT2D eigenvalue weighted by Gasteiger charge is 2.76. The number of hydrogen-bond donors (Lipinski definition) is 5. The van der Waals surface area contributed by atoms with Crippen LogP contribution < -0.4 is 0 Å². The lowest BCUT2D eigenvalue weighted by Crippen LogP contribution is -2.71. The van der Waals surface area contributed by atoms with E-state index in [1.165, 1.54) is 13.8 Å². The molecule has 12 nitrogen and oxygen atoms in total. The van der Waals surface area contributed by atoms with Crippen molar-refractivity contribution in [2.75, 3.05) is 6.61 Å². The Hall–Kier alpha value is -1.38. The van der Waals surface area contributed by atoms with Crippen LogP contribution in [-0.2, 0) is 33.3 Å². The van der Waals surface area contributed by atoms with Crippen molar-refractivity contribution in [2.45, 2.75) is 187 Å². The molecular weight excluding hydrogens is 672 g/mol. The summed E-state index contributed by atoms with van der Waals surface area (Å²) in [6, 6.07) is 0. The predicted octanol–water partition coefficient (Wildman–Crippen LogP) is 3.65. The smallest absolute Gasteiger partial charge is 0.302 e. The second-order valence-corrected chi connectivity index (χ2v) is 19.4. The van der Waals surface area contributed by atoms with E-state index in [4.69, 9.17) is 23.7 Å². The van der Waals surface area contributed by atoms with Gasteiger partial charge in [-0.05, 0) is 99.7 Å². The van der Waals surface area contributed by atoms with E-state index in [1.54, 1.807) is 13.8 Å². The van der Waals surface area contributed by atoms with Gasteiger partial charge in [0.1, 0.15) is 43.2 Å². The third-order valence-electron chi connectivity index (χ3n) is 16.1. The Labute approximate surface area is 309 Å². The molecule has 2 heterocycles. The van der Waals surface area contributed by atoms with Gasteiger partial charge in [0.05, 0.1) is 23.4 Å². The molecule has 4 saturated carbocycles. The standard InChI is InChI=1S/C40H66O12/c1-20-17-23(33(46)36(6,7)47)52-40(20)16-15-38(9)26(40)12-11-25-37(8)14-13-28(49-22(3)42)35(4,5)27(37)18-29(39(25,38)10)51-34-32(45)31(44)30(43)24(50-34)19-48-21(2)41/h20,23-34,43-47H,11-19H2,1-10H3/t20-,23+,24-,25+,26-,27+,28+,29+,30+,31-,32-,33-,34-,37+,38+,39-,40+/m0/s1. The van der Waals surface area contributed by atoms with Gasteiger partial charge in [0.2, 0.25) is 0 Å². The summed E-state index contributed by atoms with van der Waals surface area (Å²) in [6.45, 7) is 19.3. The predicted molar refractivity (Wildman–Crippen MR) is 188 cm³/mol. The summed E-state index contributed by atoms with van der Waals surface area (Å²) in [5.41, 5.74) is -3.15. The lowest BCUT2D eigenvalue weighted by molar-refractivity contribution is -0.351. The third kappa shape index (κ3) is 5.99. The van der Waals surface area contributed by atoms with Crippen molar-refractivity contribution >= 4 is 11.9 Å². The highest BCUT2D eigenvalue weighted by Crippen LogP contribution is 2.77. The Morgan fingerprint density at radius 1 is 0.846 bits per heavy atom. The fourth-order valence-corrected chi connectivity index (χ4v) is 13.2. The quantitative estimate of drug-likeness (QED) is 0.189. The molecule has 1 spiro atoms. The lowest BCUT2D eigenvalue weighted by Gasteiger charge is -2.72. The van der Waals surface area contributed by atoms with Crippen molar-refractivity contribution in [3.05, 3.63) is 0 Å². The van der Waals surface area contributed by atoms with Crippen molar-refractivity contribution < 1.29 is 58.8 Å². The van der Waals surface area contributed by atoms with Gasteiger partial charge in [0.25, 0.3) is 0 Å². The lowest BCUT2D eigenvalue weighted by atomic mass is 9.34. The molecule has 12 heteroatoms. The van der Waals surface area contributed by atoms with Gasteiger partial charge in [-0.3, -0.25) is 9.59 Å². The fourth-order valence-electron chi connectivity index (χ4n) is 13.2. The molecule has 0 aromatic carbocycles. The Kier molecular flexibility index (Phi) is 10.4. The van der Waals surface area contributed by atoms with Crippen LogP contribution in [0.15, 0.2) is 0 Å². The zero-order chi connectivity index (χ0) is 38.6. The van der Waals surface area contributed by atoms with Crippen molar-refractivity contribution in [3.8, 4) is 0 Å². The molecule has 2 saturated heterocycles. The number of carbonyl (C=O) groups is 2. The maximum atomic E-state index is 12.3. The van der Waals surface area contributed by atoms with Crippen LogP contribution in [0, 0.1) is 45.3 Å². The number of aliphatic hydroxyl groups is 5. The molecule has 6 aliphatic rings. The average molecular weight is 739 g/mol. The van der Waals surface area contributed by atoms with Gasteiger partial charge in [-0.25, -0.2) is 0 Å². The van der Waals surface area contributed by atoms with Gasteiger partial charge < -0.3 is 49.2 Å². The molecule has 0 aromatic heterocycles. The van der Waals surface area contributed by atoms with Crippen LogP contribution in [0.5, 0.6) is 0 Å². The van der Waals surface area contributed by atoms with E-state index in [0.717, 1.165) is 38.5 Å². The molecule has 52 heavy (non-hydrogen) atoms. The number of fused-ring (bicyclic) bond motifs is 6. The van der Waals surface area contributed by atoms with E-state index in [-0.39, 0.29) is 53.2 Å². The van der Waals surface area contributed by atoms with Crippen LogP contribution in [0.25, 0.3) is 0 Å². The summed E-state index contributed by atoms with van der Waals surface area (Å²) in [6.07, 6.45) is -3.00. The van der Waals surface area contributed by atoms with Gasteiger partial charge in [-0.1, -0.05) is 41.5 Å². The first-order valence-electron chi connectivity index (χ1n) is 19.7. The first kappa shape index (κ1) is 40.3. The van der Waals surface area contributed by atoms with Gasteiger partial charge in [0, 0.05) is 24.7 Å². The summed E-state index contributed by atoms with van der Waals surface area (Å²) in [4.78, 5) is 24.0. The summed E-state index contributed by atoms with van der Waals surface area (Å²) >= 11 is 0. The molecule has 6 rings (SSSR count). The van der Waals surface area contributed by atoms with E-state index in [2.05, 4.69) is 41.5 Å². The Balaban J connectivity index is 1.41. The largest absolute Gasteiger partial charge is 0.463 e. The highest BCUT2D eigenvalue weighted by atomic mass is 16.7. The summed E-state index contributed by atoms with van der Waals surface area (Å²) < 4.78 is 31.3. The zero-order valence-electron chi connectivity index (χ0n) is 33.0. The van der Waals surface area contributed by atoms with Crippen LogP contribution in [0.2, 0.25) is 0 Å². The van der Waals surface area contributed by atoms with E-state index >= 15 is 0 Å². The minimum Gasteiger partial charge on any atom is -0.463 e. The molecule has 17 atom stereocenters. The SMILES string of the molecule is CC(=O)OC[C@@H]1O[C@@H](O[C@@H]2C[C@@H]3C(C)(C)[C@H](OC(C)=O)CC[C@]3(C)[C@H]3CC[C@@H]4[C@]5(CC[C@@]4(C)[C@@]32C)O[C@@H]([C@H](O)C(C)(C)O)C[C@@H]5C)[C@@H](O)[C@@H](O)[C@@H]1O. The molecule has 4 aliphatic carbocycles. The van der Waals surface area contributed by atoms with Crippen molar-refractivity contribution in [2.24, 2.45) is 45.3 Å². The first-order valence-corrected chi connectivity index (χ1v) is 19.7. The van der Waals surface area contributed by atoms with E-state index in [1.807, 2.05) is 0 Å². The molecule has 2 aliphatic heterocycles. The minimum absolute atomic E-state index is 0.0674. The average Bonchev–Trinajstić information content (AvgIpc) is 3.54. The summed E-state index contributed by atoms with van der Waals surface area (Å²) in [5, 5.41) is 55.1. The number of aliphatic hydroxyl groups excluding tert-OH is 4. The molecule has 0 bridgehead atoms. The number of rotatable bonds is 7. The van der Waals surface area contributed by atoms with Gasteiger partial charge >= 0.3 is 11.9 Å². The number of esters is 2. The number of carbonyl (C=O) groups excluding carboxylic acids is 2. The molecule has 0 amide bonds. The highest BCUT2D eigenvalue weighted by molar-refractivity contribution is 5.66. The second kappa shape index (κ2) is 13.4. The monoisotopic (exact) mass is 738 g/mol. The Morgan fingerprint density at radius 3 is 2.12 bits per heavy atom. The van der Waals surface area contributed by atoms with Gasteiger partial charge in [-0.15, -0.1) is 0 Å². The van der Waals surface area contributed by atoms with E-state index in [9.17, 15) is 35.1 Å². The van der Waals surface area contributed by atoms with Crippen LogP contribution in [0.1, 0.15) is 121 Å². The molecule has 298 valence electrons. The Bertz CT molecular complexity index is 1360. The fraction of sp³-hybridized carbons (Fsp3) is 0.950. The molecular formula is C40H66O12. The van der Waals surface area contributed by atoms with E-state index < -0.39 is 77.0 Å². The maximum absolute atomic E-state index is 12.3. The normalized spacial score (nSPS) is 50.5. The van der Waals surface area contributed by atoms with Crippen LogP contribution in [-0.4, -0.2) is 110 Å². The number of ether oxygens (including phenoxy) is 5. The first-order chi connectivity index (χ1) is 23.9. The molecule has 0 unspecified atom stereocenters. The van der Waals surface area contributed by atoms with Crippen LogP contribution in [0.3, 0.4) is 0 Å². The second-order valence-electron chi connectivity index (χ2n) is 19.4. The molecule has 0 radical (unpaired) electrons. The molecule has 0 aromatic rings. The minimum atomic E-state index is -1.59. The van der Waals surface area contributed by atoms with Crippen molar-refractivity contribution in [1.29, 1.82) is 0 Å². The zero-order valence-corrected chi connectivity index (χ0v) is 33.0. The Morgan fingerprint density at radius 2 is 1.50 bits per heavy atom. The maximum Gasteiger partial charge on any atom is 0.302 e. The summed E-state index contributed by atoms with van der Waals surface area (Å²) in [7, 11) is 0. The van der Waals surface area contributed by atoms with Crippen molar-refractivity contribution in [1.82, 2.24) is 0 Å². The van der Waals surface area contributed by atoms with Crippen LogP contribution in [0.4, 0.5) is 0 Å². The summed E-state index contributed by atoms with van der Waals surface area (Å²) in [5.74, 6) is -0.364.